The second-order valence-electron chi connectivity index (χ2n) is 8.05. The average Bonchev–Trinajstić information content (AvgIpc) is 3.18. The number of nitrogens with zero attached hydrogens (tertiary/aromatic N) is 3. The van der Waals surface area contributed by atoms with E-state index in [4.69, 9.17) is 0 Å². The Kier molecular flexibility index (Phi) is 5.80. The average molecular weight is 453 g/mol. The van der Waals surface area contributed by atoms with Crippen LogP contribution in [0.4, 0.5) is 8.78 Å². The molecule has 4 aromatic rings. The van der Waals surface area contributed by atoms with Gasteiger partial charge in [0.1, 0.15) is 16.5 Å². The maximum Gasteiger partial charge on any atom is 0.262 e. The van der Waals surface area contributed by atoms with Crippen molar-refractivity contribution < 1.29 is 8.78 Å². The van der Waals surface area contributed by atoms with Crippen LogP contribution in [0.3, 0.4) is 0 Å². The van der Waals surface area contributed by atoms with Crippen LogP contribution in [0.5, 0.6) is 0 Å². The fourth-order valence-corrected chi connectivity index (χ4v) is 5.51. The van der Waals surface area contributed by atoms with Crippen molar-refractivity contribution in [3.05, 3.63) is 92.6 Å². The van der Waals surface area contributed by atoms with Crippen molar-refractivity contribution in [3.8, 4) is 0 Å². The number of fused-ring (bicyclic) bond motifs is 3. The van der Waals surface area contributed by atoms with Gasteiger partial charge < -0.3 is 5.32 Å². The highest BCUT2D eigenvalue weighted by Crippen LogP contribution is 2.33. The molecule has 0 spiro atoms. The summed E-state index contributed by atoms with van der Waals surface area (Å²) < 4.78 is 29.0. The number of aryl methyl sites for hydroxylation is 3. The Morgan fingerprint density at radius 2 is 2.09 bits per heavy atom. The van der Waals surface area contributed by atoms with Crippen molar-refractivity contribution in [2.45, 2.75) is 44.8 Å². The number of hydrogen-bond acceptors (Lipinski definition) is 5. The van der Waals surface area contributed by atoms with Gasteiger partial charge in [0.05, 0.1) is 11.7 Å². The summed E-state index contributed by atoms with van der Waals surface area (Å²) in [5, 5.41) is 4.07. The first-order chi connectivity index (χ1) is 15.6. The number of halogens is 2. The molecule has 8 heteroatoms. The molecule has 1 aromatic carbocycles. The van der Waals surface area contributed by atoms with Crippen LogP contribution >= 0.6 is 11.3 Å². The predicted molar refractivity (Wildman–Crippen MR) is 121 cm³/mol. The minimum absolute atomic E-state index is 0.00308. The van der Waals surface area contributed by atoms with Gasteiger partial charge in [0, 0.05) is 47.9 Å². The number of benzene rings is 1. The minimum Gasteiger partial charge on any atom is -0.309 e. The molecule has 3 aromatic heterocycles. The lowest BCUT2D eigenvalue weighted by Gasteiger charge is -2.23. The number of nitrogens with one attached hydrogen (secondary N) is 1. The molecule has 1 N–H and O–H groups in total. The van der Waals surface area contributed by atoms with E-state index in [9.17, 15) is 13.6 Å². The van der Waals surface area contributed by atoms with Gasteiger partial charge in [0.15, 0.2) is 0 Å². The van der Waals surface area contributed by atoms with Crippen molar-refractivity contribution in [2.24, 2.45) is 0 Å². The molecule has 0 bridgehead atoms. The van der Waals surface area contributed by atoms with E-state index in [-0.39, 0.29) is 18.1 Å². The molecule has 0 fully saturated rings. The van der Waals surface area contributed by atoms with Gasteiger partial charge in [-0.3, -0.25) is 14.3 Å². The van der Waals surface area contributed by atoms with Crippen molar-refractivity contribution in [3.63, 3.8) is 0 Å². The number of pyridine rings is 1. The molecule has 1 atom stereocenters. The van der Waals surface area contributed by atoms with Gasteiger partial charge in [0.25, 0.3) is 5.56 Å². The molecule has 32 heavy (non-hydrogen) atoms. The molecular formula is C24H22F2N4OS. The van der Waals surface area contributed by atoms with E-state index in [1.165, 1.54) is 6.07 Å². The summed E-state index contributed by atoms with van der Waals surface area (Å²) in [6, 6.07) is 9.41. The van der Waals surface area contributed by atoms with E-state index in [1.54, 1.807) is 28.4 Å². The van der Waals surface area contributed by atoms with Gasteiger partial charge >= 0.3 is 0 Å². The highest BCUT2D eigenvalue weighted by Gasteiger charge is 2.25. The van der Waals surface area contributed by atoms with Crippen molar-refractivity contribution in [1.29, 1.82) is 0 Å². The molecule has 0 saturated heterocycles. The number of thiophene rings is 1. The largest absolute Gasteiger partial charge is 0.309 e. The lowest BCUT2D eigenvalue weighted by atomic mass is 9.93. The molecule has 0 radical (unpaired) electrons. The first-order valence-corrected chi connectivity index (χ1v) is 11.5. The van der Waals surface area contributed by atoms with Crippen LogP contribution in [0.15, 0.2) is 53.7 Å². The first-order valence-electron chi connectivity index (χ1n) is 10.7. The topological polar surface area (TPSA) is 59.8 Å². The lowest BCUT2D eigenvalue weighted by molar-refractivity contribution is 0.454. The summed E-state index contributed by atoms with van der Waals surface area (Å²) in [6.07, 6.45) is 6.39. The smallest absolute Gasteiger partial charge is 0.262 e. The highest BCUT2D eigenvalue weighted by atomic mass is 32.1. The van der Waals surface area contributed by atoms with Gasteiger partial charge in [-0.2, -0.15) is 0 Å². The molecular weight excluding hydrogens is 430 g/mol. The minimum atomic E-state index is -0.441. The fourth-order valence-electron chi connectivity index (χ4n) is 4.25. The van der Waals surface area contributed by atoms with Gasteiger partial charge in [-0.1, -0.05) is 6.07 Å². The molecule has 1 aliphatic rings. The zero-order valence-electron chi connectivity index (χ0n) is 17.4. The molecule has 1 aliphatic carbocycles. The van der Waals surface area contributed by atoms with E-state index in [0.717, 1.165) is 57.7 Å². The normalized spacial score (nSPS) is 15.8. The van der Waals surface area contributed by atoms with Gasteiger partial charge in [-0.25, -0.2) is 13.8 Å². The Hall–Kier alpha value is -2.97. The summed E-state index contributed by atoms with van der Waals surface area (Å²) in [5.41, 5.74) is 2.35. The molecule has 0 aliphatic heterocycles. The number of aromatic nitrogens is 3. The monoisotopic (exact) mass is 452 g/mol. The van der Waals surface area contributed by atoms with E-state index < -0.39 is 11.6 Å². The Labute approximate surface area is 187 Å². The van der Waals surface area contributed by atoms with Crippen molar-refractivity contribution in [2.75, 3.05) is 0 Å². The van der Waals surface area contributed by atoms with Gasteiger partial charge in [-0.15, -0.1) is 11.3 Å². The third kappa shape index (κ3) is 4.20. The maximum atomic E-state index is 13.9. The third-order valence-corrected chi connectivity index (χ3v) is 7.12. The standard InChI is InChI=1S/C24H22F2N4OS/c25-16-4-7-20(26)15(11-16)13-28-18-5-6-19-21(12-18)32-23-22(19)24(31)30(14-29-23)10-8-17-3-1-2-9-27-17/h1-4,7,9,11,14,18,28H,5-6,8,10,12-13H2/t18-/m0/s1. The summed E-state index contributed by atoms with van der Waals surface area (Å²) in [6.45, 7) is 0.805. The molecule has 0 unspecified atom stereocenters. The van der Waals surface area contributed by atoms with Crippen LogP contribution in [0.25, 0.3) is 10.2 Å². The Morgan fingerprint density at radius 1 is 1.19 bits per heavy atom. The van der Waals surface area contributed by atoms with Crippen molar-refractivity contribution in [1.82, 2.24) is 19.9 Å². The predicted octanol–water partition coefficient (Wildman–Crippen LogP) is 4.02. The van der Waals surface area contributed by atoms with Gasteiger partial charge in [-0.05, 0) is 55.2 Å². The zero-order chi connectivity index (χ0) is 22.1. The quantitative estimate of drug-likeness (QED) is 0.480. The van der Waals surface area contributed by atoms with Crippen LogP contribution < -0.4 is 10.9 Å². The molecule has 0 saturated carbocycles. The Balaban J connectivity index is 1.32. The second-order valence-corrected chi connectivity index (χ2v) is 9.14. The zero-order valence-corrected chi connectivity index (χ0v) is 18.2. The van der Waals surface area contributed by atoms with Gasteiger partial charge in [0.2, 0.25) is 0 Å². The molecule has 5 rings (SSSR count). The molecule has 3 heterocycles. The summed E-state index contributed by atoms with van der Waals surface area (Å²) in [5.74, 6) is -0.850. The second kappa shape index (κ2) is 8.88. The van der Waals surface area contributed by atoms with Crippen LogP contribution in [0, 0.1) is 11.6 Å². The van der Waals surface area contributed by atoms with Crippen LogP contribution in [-0.2, 0) is 32.4 Å². The molecule has 0 amide bonds. The number of rotatable bonds is 6. The Bertz CT molecular complexity index is 1320. The van der Waals surface area contributed by atoms with Crippen LogP contribution in [0.1, 0.15) is 28.1 Å². The third-order valence-electron chi connectivity index (χ3n) is 5.96. The van der Waals surface area contributed by atoms with E-state index in [2.05, 4.69) is 15.3 Å². The molecule has 5 nitrogen and oxygen atoms in total. The summed E-state index contributed by atoms with van der Waals surface area (Å²) in [4.78, 5) is 23.9. The van der Waals surface area contributed by atoms with E-state index in [1.807, 2.05) is 18.2 Å². The summed E-state index contributed by atoms with van der Waals surface area (Å²) in [7, 11) is 0. The lowest BCUT2D eigenvalue weighted by Crippen LogP contribution is -2.34. The van der Waals surface area contributed by atoms with Crippen molar-refractivity contribution >= 4 is 21.6 Å². The van der Waals surface area contributed by atoms with Crippen LogP contribution in [0.2, 0.25) is 0 Å². The fraction of sp³-hybridized carbons (Fsp3) is 0.292. The van der Waals surface area contributed by atoms with E-state index in [0.29, 0.717) is 18.5 Å². The SMILES string of the molecule is O=c1c2c3c(sc2ncn1CCc1ccccn1)C[C@@H](NCc1cc(F)ccc1F)CC3. The highest BCUT2D eigenvalue weighted by molar-refractivity contribution is 7.18. The summed E-state index contributed by atoms with van der Waals surface area (Å²) >= 11 is 1.56. The van der Waals surface area contributed by atoms with E-state index >= 15 is 0 Å². The maximum absolute atomic E-state index is 13.9. The first kappa shape index (κ1) is 20.9. The molecule has 164 valence electrons. The number of hydrogen-bond donors (Lipinski definition) is 1. The van der Waals surface area contributed by atoms with Crippen LogP contribution in [-0.4, -0.2) is 20.6 Å². The Morgan fingerprint density at radius 3 is 2.94 bits per heavy atom.